The Labute approximate surface area is 206 Å². The van der Waals surface area contributed by atoms with Crippen molar-refractivity contribution >= 4 is 11.6 Å². The summed E-state index contributed by atoms with van der Waals surface area (Å²) in [5.74, 6) is -0.845. The highest BCUT2D eigenvalue weighted by atomic mass is 19.1. The molecule has 1 fully saturated rings. The van der Waals surface area contributed by atoms with E-state index in [4.69, 9.17) is 14.2 Å². The van der Waals surface area contributed by atoms with Crippen molar-refractivity contribution in [2.45, 2.75) is 25.3 Å². The fourth-order valence-corrected chi connectivity index (χ4v) is 4.81. The molecular weight excluding hydrogens is 466 g/mol. The lowest BCUT2D eigenvalue weighted by Crippen LogP contribution is -2.44. The van der Waals surface area contributed by atoms with Crippen molar-refractivity contribution < 1.29 is 23.0 Å². The van der Waals surface area contributed by atoms with Gasteiger partial charge in [0.25, 0.3) is 12.0 Å². The molecule has 7 nitrogen and oxygen atoms in total. The molecule has 1 aromatic carbocycles. The van der Waals surface area contributed by atoms with Crippen LogP contribution in [0.5, 0.6) is 11.5 Å². The van der Waals surface area contributed by atoms with Gasteiger partial charge in [0.1, 0.15) is 17.9 Å². The van der Waals surface area contributed by atoms with Gasteiger partial charge in [-0.15, -0.1) is 0 Å². The monoisotopic (exact) mass is 490 g/mol. The number of benzene rings is 1. The fourth-order valence-electron chi connectivity index (χ4n) is 4.81. The Hall–Kier alpha value is -3.85. The number of fused-ring (bicyclic) bond motifs is 4. The Morgan fingerprint density at radius 1 is 1.14 bits per heavy atom. The molecule has 1 atom stereocenters. The molecule has 1 spiro atoms. The largest absolute Gasteiger partial charge is 0.462 e. The molecule has 0 radical (unpaired) electrons. The summed E-state index contributed by atoms with van der Waals surface area (Å²) in [5, 5.41) is 3.40. The number of rotatable bonds is 4. The van der Waals surface area contributed by atoms with E-state index in [9.17, 15) is 4.39 Å². The Bertz CT molecular complexity index is 1410. The summed E-state index contributed by atoms with van der Waals surface area (Å²) in [4.78, 5) is 12.5. The van der Waals surface area contributed by atoms with E-state index in [0.29, 0.717) is 59.5 Å². The van der Waals surface area contributed by atoms with E-state index in [1.54, 1.807) is 24.3 Å². The van der Waals surface area contributed by atoms with E-state index in [2.05, 4.69) is 20.3 Å². The highest BCUT2D eigenvalue weighted by Crippen LogP contribution is 2.50. The second-order valence-corrected chi connectivity index (χ2v) is 8.91. The van der Waals surface area contributed by atoms with Crippen molar-refractivity contribution in [2.24, 2.45) is 4.99 Å². The first kappa shape index (κ1) is 22.6. The summed E-state index contributed by atoms with van der Waals surface area (Å²) < 4.78 is 47.6. The first-order valence-electron chi connectivity index (χ1n) is 12.0. The van der Waals surface area contributed by atoms with Gasteiger partial charge in [0.2, 0.25) is 5.95 Å². The molecule has 1 N–H and O–H groups in total. The first-order chi connectivity index (χ1) is 17.6. The summed E-state index contributed by atoms with van der Waals surface area (Å²) in [6, 6.07) is 10.8. The number of hydrogen-bond acceptors (Lipinski definition) is 6. The van der Waals surface area contributed by atoms with Crippen LogP contribution < -0.4 is 10.1 Å². The zero-order chi connectivity index (χ0) is 24.7. The topological polar surface area (TPSA) is 77.9 Å². The third-order valence-electron chi connectivity index (χ3n) is 6.58. The number of aliphatic imine (C=N–C) groups is 1. The second kappa shape index (κ2) is 8.98. The van der Waals surface area contributed by atoms with Crippen molar-refractivity contribution in [3.8, 4) is 22.6 Å². The normalized spacial score (nSPS) is 21.3. The van der Waals surface area contributed by atoms with Crippen LogP contribution in [0.2, 0.25) is 0 Å². The molecule has 184 valence electrons. The number of amidine groups is 1. The van der Waals surface area contributed by atoms with E-state index >= 15 is 4.39 Å². The van der Waals surface area contributed by atoms with E-state index < -0.39 is 17.4 Å². The lowest BCUT2D eigenvalue weighted by atomic mass is 9.80. The first-order valence-corrected chi connectivity index (χ1v) is 12.0. The quantitative estimate of drug-likeness (QED) is 0.521. The number of nitrogens with zero attached hydrogens (tertiary/aromatic N) is 3. The van der Waals surface area contributed by atoms with Gasteiger partial charge in [-0.1, -0.05) is 19.1 Å². The Balaban J connectivity index is 1.54. The molecular formula is C27H24F2N4O3. The maximum absolute atomic E-state index is 15.5. The summed E-state index contributed by atoms with van der Waals surface area (Å²) in [7, 11) is 0. The van der Waals surface area contributed by atoms with Crippen LogP contribution in [-0.2, 0) is 15.0 Å². The maximum atomic E-state index is 15.5. The Kier molecular flexibility index (Phi) is 5.64. The standard InChI is InChI=1S/C27H24F2N4O3/c1-2-9-31-26-33-27(15-35-26)19-12-16(18-6-3-10-30-24(18)28)7-8-22(19)36-23-20(27)13-21(32-25(23)29)17-5-4-11-34-14-17/h3,5-8,10,12-13H,2,4,9,11,14-15H2,1H3,(H,31,33). The van der Waals surface area contributed by atoms with Crippen molar-refractivity contribution in [1.29, 1.82) is 0 Å². The average Bonchev–Trinajstić information content (AvgIpc) is 3.33. The summed E-state index contributed by atoms with van der Waals surface area (Å²) >= 11 is 0. The maximum Gasteiger partial charge on any atom is 0.285 e. The third-order valence-corrected chi connectivity index (χ3v) is 6.58. The molecule has 0 saturated carbocycles. The van der Waals surface area contributed by atoms with Crippen LogP contribution in [0.3, 0.4) is 0 Å². The smallest absolute Gasteiger partial charge is 0.285 e. The Morgan fingerprint density at radius 3 is 2.86 bits per heavy atom. The molecule has 3 aliphatic rings. The van der Waals surface area contributed by atoms with E-state index in [0.717, 1.165) is 18.4 Å². The minimum absolute atomic E-state index is 0.0247. The molecule has 1 saturated heterocycles. The highest BCUT2D eigenvalue weighted by molar-refractivity contribution is 5.81. The molecule has 6 rings (SSSR count). The number of nitrogens with one attached hydrogen (secondary N) is 1. The van der Waals surface area contributed by atoms with Crippen LogP contribution in [0.15, 0.2) is 53.7 Å². The minimum atomic E-state index is -1.02. The zero-order valence-corrected chi connectivity index (χ0v) is 19.7. The van der Waals surface area contributed by atoms with Crippen molar-refractivity contribution in [2.75, 3.05) is 26.4 Å². The van der Waals surface area contributed by atoms with Crippen LogP contribution in [0.25, 0.3) is 16.7 Å². The van der Waals surface area contributed by atoms with Crippen LogP contribution in [0.4, 0.5) is 8.78 Å². The molecule has 9 heteroatoms. The van der Waals surface area contributed by atoms with E-state index in [1.807, 2.05) is 25.1 Å². The molecule has 3 aromatic rings. The van der Waals surface area contributed by atoms with E-state index in [1.165, 1.54) is 6.20 Å². The molecule has 0 bridgehead atoms. The van der Waals surface area contributed by atoms with Gasteiger partial charge < -0.3 is 19.5 Å². The third kappa shape index (κ3) is 3.71. The number of ether oxygens (including phenoxy) is 3. The van der Waals surface area contributed by atoms with Gasteiger partial charge >= 0.3 is 0 Å². The zero-order valence-electron chi connectivity index (χ0n) is 19.7. The average molecular weight is 491 g/mol. The molecule has 1 unspecified atom stereocenters. The molecule has 5 heterocycles. The number of hydrogen-bond donors (Lipinski definition) is 1. The number of pyridine rings is 2. The Morgan fingerprint density at radius 2 is 2.06 bits per heavy atom. The van der Waals surface area contributed by atoms with Gasteiger partial charge in [0.15, 0.2) is 5.75 Å². The van der Waals surface area contributed by atoms with E-state index in [-0.39, 0.29) is 12.4 Å². The van der Waals surface area contributed by atoms with Gasteiger partial charge in [-0.25, -0.2) is 15.0 Å². The van der Waals surface area contributed by atoms with Gasteiger partial charge in [-0.2, -0.15) is 8.78 Å². The van der Waals surface area contributed by atoms with Crippen molar-refractivity contribution in [3.63, 3.8) is 0 Å². The summed E-state index contributed by atoms with van der Waals surface area (Å²) in [6.07, 6.45) is 4.99. The highest BCUT2D eigenvalue weighted by Gasteiger charge is 2.50. The van der Waals surface area contributed by atoms with Gasteiger partial charge in [-0.05, 0) is 54.3 Å². The van der Waals surface area contributed by atoms with Gasteiger partial charge in [-0.3, -0.25) is 0 Å². The van der Waals surface area contributed by atoms with Crippen LogP contribution in [0, 0.1) is 11.9 Å². The molecule has 0 aliphatic carbocycles. The van der Waals surface area contributed by atoms with Crippen LogP contribution in [-0.4, -0.2) is 42.4 Å². The van der Waals surface area contributed by atoms with Crippen LogP contribution in [0.1, 0.15) is 36.6 Å². The van der Waals surface area contributed by atoms with Crippen molar-refractivity contribution in [1.82, 2.24) is 15.3 Å². The van der Waals surface area contributed by atoms with Crippen LogP contribution >= 0.6 is 0 Å². The van der Waals surface area contributed by atoms with Crippen molar-refractivity contribution in [3.05, 3.63) is 77.4 Å². The fraction of sp³-hybridized carbons (Fsp3) is 0.296. The van der Waals surface area contributed by atoms with Gasteiger partial charge in [0.05, 0.1) is 18.9 Å². The molecule has 2 aromatic heterocycles. The summed E-state index contributed by atoms with van der Waals surface area (Å²) in [5.41, 5.74) is 2.47. The van der Waals surface area contributed by atoms with Gasteiger partial charge in [0, 0.05) is 29.4 Å². The molecule has 0 amide bonds. The lowest BCUT2D eigenvalue weighted by Gasteiger charge is -2.36. The predicted octanol–water partition coefficient (Wildman–Crippen LogP) is 4.96. The second-order valence-electron chi connectivity index (χ2n) is 8.91. The lowest BCUT2D eigenvalue weighted by molar-refractivity contribution is 0.164. The number of halogens is 2. The SMILES string of the molecule is CCCN=C1NC2(CO1)c1cc(-c3cccnc3F)ccc1Oc1c2cc(C2=CCCOC2)nc1F. The minimum Gasteiger partial charge on any atom is -0.462 e. The molecule has 3 aliphatic heterocycles. The predicted molar refractivity (Wildman–Crippen MR) is 130 cm³/mol. The molecule has 36 heavy (non-hydrogen) atoms. The number of aromatic nitrogens is 2. The summed E-state index contributed by atoms with van der Waals surface area (Å²) in [6.45, 7) is 3.73.